The molecule has 0 aromatic heterocycles. The van der Waals surface area contributed by atoms with Crippen molar-refractivity contribution in [2.24, 2.45) is 5.73 Å². The molecule has 0 fully saturated rings. The van der Waals surface area contributed by atoms with Gasteiger partial charge in [-0.15, -0.1) is 0 Å². The van der Waals surface area contributed by atoms with Gasteiger partial charge in [0, 0.05) is 10.5 Å². The fourth-order valence-electron chi connectivity index (χ4n) is 1.07. The number of hydrogen-bond donors (Lipinski definition) is 2. The number of benzene rings is 1. The van der Waals surface area contributed by atoms with E-state index < -0.39 is 12.0 Å². The van der Waals surface area contributed by atoms with Gasteiger partial charge in [0.05, 0.1) is 6.42 Å². The molecule has 70 valence electrons. The van der Waals surface area contributed by atoms with Gasteiger partial charge in [0.25, 0.3) is 0 Å². The van der Waals surface area contributed by atoms with E-state index in [4.69, 9.17) is 10.8 Å². The third-order valence-electron chi connectivity index (χ3n) is 1.70. The Labute approximate surface area is 84.7 Å². The molecule has 0 spiro atoms. The Morgan fingerprint density at radius 3 is 2.69 bits per heavy atom. The maximum absolute atomic E-state index is 10.4. The van der Waals surface area contributed by atoms with Gasteiger partial charge in [0.15, 0.2) is 0 Å². The average molecular weight is 244 g/mol. The third kappa shape index (κ3) is 2.82. The zero-order chi connectivity index (χ0) is 9.84. The normalized spacial score (nSPS) is 12.5. The molecular formula is C9H10BrNO2. The minimum absolute atomic E-state index is 0.0530. The molecular weight excluding hydrogens is 234 g/mol. The van der Waals surface area contributed by atoms with E-state index in [9.17, 15) is 4.79 Å². The van der Waals surface area contributed by atoms with Crippen molar-refractivity contribution < 1.29 is 9.90 Å². The van der Waals surface area contributed by atoms with E-state index in [-0.39, 0.29) is 6.42 Å². The van der Waals surface area contributed by atoms with Crippen molar-refractivity contribution >= 4 is 21.9 Å². The minimum atomic E-state index is -0.886. The first-order valence-corrected chi connectivity index (χ1v) is 4.62. The maximum Gasteiger partial charge on any atom is 0.305 e. The highest BCUT2D eigenvalue weighted by atomic mass is 79.9. The van der Waals surface area contributed by atoms with Crippen LogP contribution in [0.2, 0.25) is 0 Å². The number of carbonyl (C=O) groups is 1. The van der Waals surface area contributed by atoms with Crippen LogP contribution >= 0.6 is 15.9 Å². The van der Waals surface area contributed by atoms with E-state index in [1.807, 2.05) is 24.3 Å². The van der Waals surface area contributed by atoms with E-state index in [2.05, 4.69) is 15.9 Å². The summed E-state index contributed by atoms with van der Waals surface area (Å²) in [5.74, 6) is -0.886. The standard InChI is InChI=1S/C9H10BrNO2/c10-7-4-2-1-3-6(7)8(11)5-9(12)13/h1-4,8H,5,11H2,(H,12,13). The number of nitrogens with two attached hydrogens (primary N) is 1. The van der Waals surface area contributed by atoms with Crippen LogP contribution < -0.4 is 5.73 Å². The summed E-state index contributed by atoms with van der Waals surface area (Å²) in [6.07, 6.45) is -0.0530. The molecule has 0 heterocycles. The van der Waals surface area contributed by atoms with Crippen LogP contribution in [0.3, 0.4) is 0 Å². The Kier molecular flexibility index (Phi) is 3.45. The van der Waals surface area contributed by atoms with Crippen molar-refractivity contribution in [1.82, 2.24) is 0 Å². The first-order chi connectivity index (χ1) is 6.11. The second-order valence-electron chi connectivity index (χ2n) is 2.73. The van der Waals surface area contributed by atoms with E-state index in [1.54, 1.807) is 0 Å². The van der Waals surface area contributed by atoms with Crippen molar-refractivity contribution in [1.29, 1.82) is 0 Å². The highest BCUT2D eigenvalue weighted by molar-refractivity contribution is 9.10. The molecule has 0 saturated heterocycles. The van der Waals surface area contributed by atoms with E-state index in [1.165, 1.54) is 0 Å². The summed E-state index contributed by atoms with van der Waals surface area (Å²) >= 11 is 3.31. The Morgan fingerprint density at radius 1 is 1.54 bits per heavy atom. The van der Waals surface area contributed by atoms with Gasteiger partial charge in [-0.05, 0) is 11.6 Å². The third-order valence-corrected chi connectivity index (χ3v) is 2.42. The van der Waals surface area contributed by atoms with Crippen molar-refractivity contribution in [3.8, 4) is 0 Å². The largest absolute Gasteiger partial charge is 0.481 e. The van der Waals surface area contributed by atoms with Gasteiger partial charge >= 0.3 is 5.97 Å². The highest BCUT2D eigenvalue weighted by Gasteiger charge is 2.12. The second kappa shape index (κ2) is 4.39. The highest BCUT2D eigenvalue weighted by Crippen LogP contribution is 2.23. The molecule has 0 amide bonds. The van der Waals surface area contributed by atoms with Gasteiger partial charge in [-0.3, -0.25) is 4.79 Å². The summed E-state index contributed by atoms with van der Waals surface area (Å²) in [5, 5.41) is 8.54. The van der Waals surface area contributed by atoms with Crippen LogP contribution in [0.25, 0.3) is 0 Å². The first kappa shape index (κ1) is 10.2. The van der Waals surface area contributed by atoms with Gasteiger partial charge in [0.1, 0.15) is 0 Å². The average Bonchev–Trinajstić information content (AvgIpc) is 2.03. The van der Waals surface area contributed by atoms with Crippen LogP contribution in [-0.2, 0) is 4.79 Å². The van der Waals surface area contributed by atoms with Crippen LogP contribution in [0, 0.1) is 0 Å². The summed E-state index contributed by atoms with van der Waals surface area (Å²) in [5.41, 5.74) is 6.51. The molecule has 1 aromatic carbocycles. The number of carboxylic acids is 1. The number of carboxylic acid groups (broad SMARTS) is 1. The van der Waals surface area contributed by atoms with Crippen LogP contribution in [0.4, 0.5) is 0 Å². The molecule has 1 atom stereocenters. The van der Waals surface area contributed by atoms with Crippen molar-refractivity contribution in [2.75, 3.05) is 0 Å². The summed E-state index contributed by atoms with van der Waals surface area (Å²) in [6.45, 7) is 0. The quantitative estimate of drug-likeness (QED) is 0.853. The number of halogens is 1. The van der Waals surface area contributed by atoms with E-state index in [0.717, 1.165) is 10.0 Å². The molecule has 0 aliphatic rings. The number of rotatable bonds is 3. The number of aliphatic carboxylic acids is 1. The second-order valence-corrected chi connectivity index (χ2v) is 3.58. The van der Waals surface area contributed by atoms with Crippen LogP contribution in [0.5, 0.6) is 0 Å². The van der Waals surface area contributed by atoms with Gasteiger partial charge in [-0.2, -0.15) is 0 Å². The molecule has 0 aliphatic carbocycles. The summed E-state index contributed by atoms with van der Waals surface area (Å²) < 4.78 is 0.851. The molecule has 1 unspecified atom stereocenters. The van der Waals surface area contributed by atoms with Crippen LogP contribution in [0.15, 0.2) is 28.7 Å². The lowest BCUT2D eigenvalue weighted by Gasteiger charge is -2.10. The Bertz CT molecular complexity index is 314. The molecule has 0 saturated carbocycles. The van der Waals surface area contributed by atoms with Gasteiger partial charge < -0.3 is 10.8 Å². The lowest BCUT2D eigenvalue weighted by molar-refractivity contribution is -0.137. The monoisotopic (exact) mass is 243 g/mol. The van der Waals surface area contributed by atoms with Crippen molar-refractivity contribution in [3.63, 3.8) is 0 Å². The molecule has 0 radical (unpaired) electrons. The zero-order valence-corrected chi connectivity index (χ0v) is 8.49. The Balaban J connectivity index is 2.82. The Hall–Kier alpha value is -0.870. The molecule has 3 N–H and O–H groups in total. The lowest BCUT2D eigenvalue weighted by Crippen LogP contribution is -2.15. The molecule has 13 heavy (non-hydrogen) atoms. The molecule has 3 nitrogen and oxygen atoms in total. The topological polar surface area (TPSA) is 63.3 Å². The predicted octanol–water partition coefficient (Wildman–Crippen LogP) is 1.92. The number of hydrogen-bond acceptors (Lipinski definition) is 2. The smallest absolute Gasteiger partial charge is 0.305 e. The van der Waals surface area contributed by atoms with Crippen LogP contribution in [-0.4, -0.2) is 11.1 Å². The maximum atomic E-state index is 10.4. The van der Waals surface area contributed by atoms with E-state index >= 15 is 0 Å². The van der Waals surface area contributed by atoms with Crippen molar-refractivity contribution in [3.05, 3.63) is 34.3 Å². The molecule has 4 heteroatoms. The Morgan fingerprint density at radius 2 is 2.15 bits per heavy atom. The molecule has 1 rings (SSSR count). The summed E-state index contributed by atoms with van der Waals surface area (Å²) in [4.78, 5) is 10.4. The SMILES string of the molecule is NC(CC(=O)O)c1ccccc1Br. The molecule has 0 aliphatic heterocycles. The predicted molar refractivity (Wildman–Crippen MR) is 53.3 cm³/mol. The zero-order valence-electron chi connectivity index (χ0n) is 6.90. The van der Waals surface area contributed by atoms with Gasteiger partial charge in [-0.25, -0.2) is 0 Å². The van der Waals surface area contributed by atoms with Crippen molar-refractivity contribution in [2.45, 2.75) is 12.5 Å². The molecule has 0 bridgehead atoms. The minimum Gasteiger partial charge on any atom is -0.481 e. The lowest BCUT2D eigenvalue weighted by atomic mass is 10.1. The van der Waals surface area contributed by atoms with Gasteiger partial charge in [0.2, 0.25) is 0 Å². The van der Waals surface area contributed by atoms with Crippen LogP contribution in [0.1, 0.15) is 18.0 Å². The summed E-state index contributed by atoms with van der Waals surface area (Å²) in [6, 6.07) is 6.91. The first-order valence-electron chi connectivity index (χ1n) is 3.83. The van der Waals surface area contributed by atoms with E-state index in [0.29, 0.717) is 0 Å². The summed E-state index contributed by atoms with van der Waals surface area (Å²) in [7, 11) is 0. The molecule has 1 aromatic rings. The fourth-order valence-corrected chi connectivity index (χ4v) is 1.65. The fraction of sp³-hybridized carbons (Fsp3) is 0.222. The van der Waals surface area contributed by atoms with Gasteiger partial charge in [-0.1, -0.05) is 34.1 Å².